The van der Waals surface area contributed by atoms with E-state index in [9.17, 15) is 4.79 Å². The molecule has 0 bridgehead atoms. The van der Waals surface area contributed by atoms with Crippen LogP contribution < -0.4 is 5.32 Å². The zero-order valence-corrected chi connectivity index (χ0v) is 9.64. The van der Waals surface area contributed by atoms with Crippen molar-refractivity contribution in [1.82, 2.24) is 5.32 Å². The number of aliphatic carboxylic acids is 1. The molecule has 14 heavy (non-hydrogen) atoms. The monoisotopic (exact) mass is 217 g/mol. The normalized spacial score (nSPS) is 29.9. The Morgan fingerprint density at radius 2 is 2.00 bits per heavy atom. The molecule has 0 spiro atoms. The van der Waals surface area contributed by atoms with Crippen LogP contribution in [-0.4, -0.2) is 34.7 Å². The number of nitrogens with one attached hydrogen (secondary N) is 1. The van der Waals surface area contributed by atoms with Gasteiger partial charge < -0.3 is 10.4 Å². The van der Waals surface area contributed by atoms with Crippen LogP contribution in [-0.2, 0) is 4.79 Å². The van der Waals surface area contributed by atoms with Gasteiger partial charge in [0.05, 0.1) is 0 Å². The van der Waals surface area contributed by atoms with Crippen molar-refractivity contribution >= 4 is 17.7 Å². The van der Waals surface area contributed by atoms with E-state index in [0.29, 0.717) is 6.04 Å². The van der Waals surface area contributed by atoms with Gasteiger partial charge in [-0.3, -0.25) is 4.79 Å². The molecule has 0 heterocycles. The molecule has 1 rings (SSSR count). The fourth-order valence-corrected chi connectivity index (χ4v) is 2.63. The summed E-state index contributed by atoms with van der Waals surface area (Å²) in [5.74, 6) is -0.753. The second kappa shape index (κ2) is 5.61. The maximum atomic E-state index is 10.6. The maximum absolute atomic E-state index is 10.6. The summed E-state index contributed by atoms with van der Waals surface area (Å²) in [6.45, 7) is 1.71. The van der Waals surface area contributed by atoms with Crippen LogP contribution in [0.25, 0.3) is 0 Å². The average Bonchev–Trinajstić information content (AvgIpc) is 2.19. The molecule has 1 atom stereocenters. The highest BCUT2D eigenvalue weighted by Gasteiger charge is 2.23. The van der Waals surface area contributed by atoms with Crippen LogP contribution in [0.15, 0.2) is 0 Å². The zero-order valence-electron chi connectivity index (χ0n) is 8.82. The molecule has 1 aliphatic rings. The number of thioether (sulfide) groups is 1. The molecule has 82 valence electrons. The first-order valence-electron chi connectivity index (χ1n) is 5.15. The topological polar surface area (TPSA) is 49.3 Å². The van der Waals surface area contributed by atoms with Crippen LogP contribution in [0.2, 0.25) is 0 Å². The number of carbonyl (C=O) groups is 1. The summed E-state index contributed by atoms with van der Waals surface area (Å²) < 4.78 is 0. The smallest absolute Gasteiger partial charge is 0.320 e. The highest BCUT2D eigenvalue weighted by atomic mass is 32.2. The Labute approximate surface area is 89.6 Å². The van der Waals surface area contributed by atoms with Crippen molar-refractivity contribution in [2.45, 2.75) is 49.9 Å². The van der Waals surface area contributed by atoms with Crippen molar-refractivity contribution in [2.24, 2.45) is 0 Å². The maximum Gasteiger partial charge on any atom is 0.320 e. The SMILES string of the molecule is CSC1CCC(NC(C)C(=O)O)CC1. The lowest BCUT2D eigenvalue weighted by molar-refractivity contribution is -0.139. The van der Waals surface area contributed by atoms with Crippen LogP contribution in [0.1, 0.15) is 32.6 Å². The molecule has 1 saturated carbocycles. The van der Waals surface area contributed by atoms with E-state index < -0.39 is 12.0 Å². The molecule has 0 aliphatic heterocycles. The minimum absolute atomic E-state index is 0.407. The molecular formula is C10H19NO2S. The highest BCUT2D eigenvalue weighted by molar-refractivity contribution is 7.99. The third-order valence-electron chi connectivity index (χ3n) is 2.86. The van der Waals surface area contributed by atoms with Crippen LogP contribution >= 0.6 is 11.8 Å². The van der Waals surface area contributed by atoms with Gasteiger partial charge in [0, 0.05) is 11.3 Å². The van der Waals surface area contributed by atoms with Crippen molar-refractivity contribution in [1.29, 1.82) is 0 Å². The van der Waals surface area contributed by atoms with Gasteiger partial charge in [0.2, 0.25) is 0 Å². The van der Waals surface area contributed by atoms with Gasteiger partial charge in [0.15, 0.2) is 0 Å². The second-order valence-electron chi connectivity index (χ2n) is 3.94. The minimum atomic E-state index is -0.753. The molecule has 0 amide bonds. The molecule has 0 saturated heterocycles. The van der Waals surface area contributed by atoms with Gasteiger partial charge in [0.25, 0.3) is 0 Å². The number of carboxylic acids is 1. The Balaban J connectivity index is 2.25. The Kier molecular flexibility index (Phi) is 4.75. The summed E-state index contributed by atoms with van der Waals surface area (Å²) in [5.41, 5.74) is 0. The van der Waals surface area contributed by atoms with Gasteiger partial charge in [-0.05, 0) is 38.9 Å². The molecule has 0 aromatic heterocycles. The van der Waals surface area contributed by atoms with E-state index in [1.807, 2.05) is 11.8 Å². The quantitative estimate of drug-likeness (QED) is 0.753. The third kappa shape index (κ3) is 3.50. The van der Waals surface area contributed by atoms with Crippen LogP contribution in [0.3, 0.4) is 0 Å². The lowest BCUT2D eigenvalue weighted by atomic mass is 9.94. The summed E-state index contributed by atoms with van der Waals surface area (Å²) in [7, 11) is 0. The fraction of sp³-hybridized carbons (Fsp3) is 0.900. The Bertz CT molecular complexity index is 191. The van der Waals surface area contributed by atoms with E-state index in [1.165, 1.54) is 12.8 Å². The summed E-state index contributed by atoms with van der Waals surface area (Å²) in [6.07, 6.45) is 6.81. The Hall–Kier alpha value is -0.220. The largest absolute Gasteiger partial charge is 0.480 e. The van der Waals surface area contributed by atoms with E-state index in [0.717, 1.165) is 18.1 Å². The molecular weight excluding hydrogens is 198 g/mol. The predicted molar refractivity (Wildman–Crippen MR) is 59.8 cm³/mol. The zero-order chi connectivity index (χ0) is 10.6. The number of rotatable bonds is 4. The standard InChI is InChI=1S/C10H19NO2S/c1-7(10(12)13)11-8-3-5-9(14-2)6-4-8/h7-9,11H,3-6H2,1-2H3,(H,12,13). The average molecular weight is 217 g/mol. The van der Waals surface area contributed by atoms with Gasteiger partial charge in [-0.2, -0.15) is 11.8 Å². The van der Waals surface area contributed by atoms with Crippen molar-refractivity contribution in [3.05, 3.63) is 0 Å². The molecule has 0 aromatic carbocycles. The first-order valence-corrected chi connectivity index (χ1v) is 6.44. The van der Waals surface area contributed by atoms with Gasteiger partial charge in [-0.15, -0.1) is 0 Å². The van der Waals surface area contributed by atoms with Crippen molar-refractivity contribution < 1.29 is 9.90 Å². The van der Waals surface area contributed by atoms with Crippen molar-refractivity contribution in [3.63, 3.8) is 0 Å². The Morgan fingerprint density at radius 1 is 1.43 bits per heavy atom. The van der Waals surface area contributed by atoms with Crippen molar-refractivity contribution in [2.75, 3.05) is 6.26 Å². The number of carboxylic acid groups (broad SMARTS) is 1. The molecule has 0 radical (unpaired) electrons. The highest BCUT2D eigenvalue weighted by Crippen LogP contribution is 2.26. The van der Waals surface area contributed by atoms with Gasteiger partial charge >= 0.3 is 5.97 Å². The molecule has 3 nitrogen and oxygen atoms in total. The lowest BCUT2D eigenvalue weighted by Gasteiger charge is -2.29. The summed E-state index contributed by atoms with van der Waals surface area (Å²) in [6, 6.07) is -0.00432. The Morgan fingerprint density at radius 3 is 2.43 bits per heavy atom. The van der Waals surface area contributed by atoms with E-state index in [4.69, 9.17) is 5.11 Å². The van der Waals surface area contributed by atoms with E-state index in [-0.39, 0.29) is 0 Å². The second-order valence-corrected chi connectivity index (χ2v) is 5.07. The van der Waals surface area contributed by atoms with E-state index in [2.05, 4.69) is 11.6 Å². The predicted octanol–water partition coefficient (Wildman–Crippen LogP) is 1.72. The first-order chi connectivity index (χ1) is 6.63. The van der Waals surface area contributed by atoms with Crippen LogP contribution in [0.5, 0.6) is 0 Å². The fourth-order valence-electron chi connectivity index (χ4n) is 1.89. The first kappa shape index (κ1) is 11.9. The molecule has 1 aliphatic carbocycles. The lowest BCUT2D eigenvalue weighted by Crippen LogP contribution is -2.43. The van der Waals surface area contributed by atoms with E-state index >= 15 is 0 Å². The van der Waals surface area contributed by atoms with E-state index in [1.54, 1.807) is 6.92 Å². The summed E-state index contributed by atoms with van der Waals surface area (Å²) in [4.78, 5) is 10.6. The summed E-state index contributed by atoms with van der Waals surface area (Å²) >= 11 is 1.93. The molecule has 1 fully saturated rings. The van der Waals surface area contributed by atoms with Gasteiger partial charge in [0.1, 0.15) is 6.04 Å². The van der Waals surface area contributed by atoms with Crippen LogP contribution in [0.4, 0.5) is 0 Å². The van der Waals surface area contributed by atoms with Crippen molar-refractivity contribution in [3.8, 4) is 0 Å². The molecule has 0 aromatic rings. The van der Waals surface area contributed by atoms with Crippen LogP contribution in [0, 0.1) is 0 Å². The summed E-state index contributed by atoms with van der Waals surface area (Å²) in [5, 5.41) is 12.7. The minimum Gasteiger partial charge on any atom is -0.480 e. The third-order valence-corrected chi connectivity index (χ3v) is 4.00. The molecule has 1 unspecified atom stereocenters. The van der Waals surface area contributed by atoms with Gasteiger partial charge in [-0.25, -0.2) is 0 Å². The number of hydrogen-bond acceptors (Lipinski definition) is 3. The van der Waals surface area contributed by atoms with Gasteiger partial charge in [-0.1, -0.05) is 0 Å². The molecule has 2 N–H and O–H groups in total. The number of hydrogen-bond donors (Lipinski definition) is 2. The molecule has 4 heteroatoms.